The van der Waals surface area contributed by atoms with E-state index < -0.39 is 5.97 Å². The summed E-state index contributed by atoms with van der Waals surface area (Å²) in [5.74, 6) is -0.215. The zero-order chi connectivity index (χ0) is 11.4. The Balaban J connectivity index is 2.02. The van der Waals surface area contributed by atoms with Crippen molar-refractivity contribution in [2.24, 2.45) is 0 Å². The van der Waals surface area contributed by atoms with Gasteiger partial charge in [-0.05, 0) is 12.8 Å². The summed E-state index contributed by atoms with van der Waals surface area (Å²) in [5.41, 5.74) is 0.719. The van der Waals surface area contributed by atoms with Crippen LogP contribution in [-0.2, 0) is 11.2 Å². The second kappa shape index (κ2) is 5.43. The minimum atomic E-state index is -0.794. The number of thiazole rings is 1. The molecule has 0 radical (unpaired) electrons. The summed E-state index contributed by atoms with van der Waals surface area (Å²) in [6, 6.07) is 0. The molecule has 0 atom stereocenters. The van der Waals surface area contributed by atoms with E-state index in [-0.39, 0.29) is 6.42 Å². The fourth-order valence-electron chi connectivity index (χ4n) is 2.27. The van der Waals surface area contributed by atoms with Crippen LogP contribution in [0.5, 0.6) is 0 Å². The summed E-state index contributed by atoms with van der Waals surface area (Å²) < 4.78 is 0. The van der Waals surface area contributed by atoms with Gasteiger partial charge in [0, 0.05) is 11.3 Å². The van der Waals surface area contributed by atoms with Crippen LogP contribution in [0.1, 0.15) is 55.1 Å². The Morgan fingerprint density at radius 3 is 2.69 bits per heavy atom. The molecule has 1 aromatic rings. The molecule has 0 unspecified atom stereocenters. The van der Waals surface area contributed by atoms with Gasteiger partial charge >= 0.3 is 5.97 Å². The van der Waals surface area contributed by atoms with Gasteiger partial charge in [-0.25, -0.2) is 4.98 Å². The second-order valence-electron chi connectivity index (χ2n) is 4.44. The van der Waals surface area contributed by atoms with Crippen LogP contribution < -0.4 is 0 Å². The van der Waals surface area contributed by atoms with Crippen molar-refractivity contribution >= 4 is 17.3 Å². The molecule has 0 aliphatic heterocycles. The van der Waals surface area contributed by atoms with Crippen molar-refractivity contribution < 1.29 is 9.90 Å². The maximum Gasteiger partial charge on any atom is 0.309 e. The molecule has 1 fully saturated rings. The molecule has 1 aliphatic carbocycles. The van der Waals surface area contributed by atoms with E-state index in [2.05, 4.69) is 4.98 Å². The number of aliphatic carboxylic acids is 1. The average molecular weight is 239 g/mol. The van der Waals surface area contributed by atoms with Gasteiger partial charge in [0.1, 0.15) is 0 Å². The largest absolute Gasteiger partial charge is 0.481 e. The third-order valence-electron chi connectivity index (χ3n) is 3.11. The smallest absolute Gasteiger partial charge is 0.309 e. The Bertz CT molecular complexity index is 354. The molecule has 0 bridgehead atoms. The number of nitrogens with zero attached hydrogens (tertiary/aromatic N) is 1. The first-order valence-corrected chi connectivity index (χ1v) is 6.80. The van der Waals surface area contributed by atoms with Crippen LogP contribution in [0.15, 0.2) is 5.38 Å². The van der Waals surface area contributed by atoms with Crippen molar-refractivity contribution in [3.05, 3.63) is 16.1 Å². The van der Waals surface area contributed by atoms with E-state index in [4.69, 9.17) is 5.11 Å². The highest BCUT2D eigenvalue weighted by atomic mass is 32.1. The molecule has 0 amide bonds. The summed E-state index contributed by atoms with van der Waals surface area (Å²) in [6.45, 7) is 0. The maximum absolute atomic E-state index is 10.6. The summed E-state index contributed by atoms with van der Waals surface area (Å²) in [6.07, 6.45) is 7.76. The third-order valence-corrected chi connectivity index (χ3v) is 4.16. The Hall–Kier alpha value is -0.900. The first kappa shape index (κ1) is 11.6. The van der Waals surface area contributed by atoms with Crippen LogP contribution in [0.2, 0.25) is 0 Å². The third kappa shape index (κ3) is 3.04. The van der Waals surface area contributed by atoms with Crippen LogP contribution in [-0.4, -0.2) is 16.1 Å². The fourth-order valence-corrected chi connectivity index (χ4v) is 3.26. The number of carboxylic acids is 1. The van der Waals surface area contributed by atoms with E-state index in [0.29, 0.717) is 5.92 Å². The van der Waals surface area contributed by atoms with Gasteiger partial charge in [0.25, 0.3) is 0 Å². The van der Waals surface area contributed by atoms with Gasteiger partial charge in [0.2, 0.25) is 0 Å². The standard InChI is InChI=1S/C12H17NO2S/c14-11(15)7-10-8-16-12(13-10)9-5-3-1-2-4-6-9/h8-9H,1-7H2,(H,14,15). The number of carboxylic acid groups (broad SMARTS) is 1. The normalized spacial score (nSPS) is 18.2. The predicted molar refractivity (Wildman–Crippen MR) is 63.9 cm³/mol. The van der Waals surface area contributed by atoms with E-state index in [1.165, 1.54) is 38.5 Å². The molecular formula is C12H17NO2S. The van der Waals surface area contributed by atoms with Crippen molar-refractivity contribution in [3.63, 3.8) is 0 Å². The lowest BCUT2D eigenvalue weighted by Crippen LogP contribution is -2.02. The molecule has 88 valence electrons. The van der Waals surface area contributed by atoms with Crippen LogP contribution in [0.3, 0.4) is 0 Å². The predicted octanol–water partition coefficient (Wildman–Crippen LogP) is 3.21. The van der Waals surface area contributed by atoms with Crippen LogP contribution in [0, 0.1) is 0 Å². The van der Waals surface area contributed by atoms with Crippen molar-refractivity contribution in [3.8, 4) is 0 Å². The minimum absolute atomic E-state index is 0.0587. The highest BCUT2D eigenvalue weighted by molar-refractivity contribution is 7.09. The lowest BCUT2D eigenvalue weighted by atomic mass is 10.0. The van der Waals surface area contributed by atoms with Crippen LogP contribution >= 0.6 is 11.3 Å². The Kier molecular flexibility index (Phi) is 3.93. The molecule has 1 aliphatic rings. The van der Waals surface area contributed by atoms with E-state index >= 15 is 0 Å². The molecule has 0 saturated heterocycles. The Morgan fingerprint density at radius 2 is 2.06 bits per heavy atom. The summed E-state index contributed by atoms with van der Waals surface area (Å²) in [4.78, 5) is 15.0. The molecule has 1 saturated carbocycles. The Labute approximate surface area is 99.5 Å². The van der Waals surface area contributed by atoms with Crippen molar-refractivity contribution in [2.45, 2.75) is 50.9 Å². The second-order valence-corrected chi connectivity index (χ2v) is 5.33. The van der Waals surface area contributed by atoms with E-state index in [1.54, 1.807) is 11.3 Å². The summed E-state index contributed by atoms with van der Waals surface area (Å²) >= 11 is 1.63. The zero-order valence-corrected chi connectivity index (χ0v) is 10.1. The highest BCUT2D eigenvalue weighted by Gasteiger charge is 2.18. The average Bonchev–Trinajstić information content (AvgIpc) is 2.53. The molecule has 1 heterocycles. The number of hydrogen-bond acceptors (Lipinski definition) is 3. The molecule has 16 heavy (non-hydrogen) atoms. The molecule has 0 aromatic carbocycles. The number of carbonyl (C=O) groups is 1. The molecule has 2 rings (SSSR count). The van der Waals surface area contributed by atoms with E-state index in [0.717, 1.165) is 10.7 Å². The van der Waals surface area contributed by atoms with Crippen LogP contribution in [0.25, 0.3) is 0 Å². The summed E-state index contributed by atoms with van der Waals surface area (Å²) in [7, 11) is 0. The van der Waals surface area contributed by atoms with E-state index in [9.17, 15) is 4.79 Å². The lowest BCUT2D eigenvalue weighted by Gasteiger charge is -2.09. The molecular weight excluding hydrogens is 222 g/mol. The molecule has 1 N–H and O–H groups in total. The number of hydrogen-bond donors (Lipinski definition) is 1. The maximum atomic E-state index is 10.6. The van der Waals surface area contributed by atoms with Crippen molar-refractivity contribution in [2.75, 3.05) is 0 Å². The van der Waals surface area contributed by atoms with Crippen molar-refractivity contribution in [1.82, 2.24) is 4.98 Å². The van der Waals surface area contributed by atoms with Crippen LogP contribution in [0.4, 0.5) is 0 Å². The molecule has 3 nitrogen and oxygen atoms in total. The summed E-state index contributed by atoms with van der Waals surface area (Å²) in [5, 5.41) is 11.7. The molecule has 0 spiro atoms. The highest BCUT2D eigenvalue weighted by Crippen LogP contribution is 2.33. The first-order valence-electron chi connectivity index (χ1n) is 5.92. The van der Waals surface area contributed by atoms with Gasteiger partial charge < -0.3 is 5.11 Å². The topological polar surface area (TPSA) is 50.2 Å². The zero-order valence-electron chi connectivity index (χ0n) is 9.32. The van der Waals surface area contributed by atoms with Gasteiger partial charge in [0.15, 0.2) is 0 Å². The van der Waals surface area contributed by atoms with Crippen molar-refractivity contribution in [1.29, 1.82) is 0 Å². The number of aromatic nitrogens is 1. The van der Waals surface area contributed by atoms with Gasteiger partial charge in [0.05, 0.1) is 17.1 Å². The first-order chi connectivity index (χ1) is 7.75. The Morgan fingerprint density at radius 1 is 1.38 bits per heavy atom. The molecule has 4 heteroatoms. The SMILES string of the molecule is O=C(O)Cc1csc(C2CCCCCC2)n1. The van der Waals surface area contributed by atoms with Gasteiger partial charge in [-0.3, -0.25) is 4.79 Å². The minimum Gasteiger partial charge on any atom is -0.481 e. The van der Waals surface area contributed by atoms with Gasteiger partial charge in [-0.2, -0.15) is 0 Å². The van der Waals surface area contributed by atoms with Gasteiger partial charge in [-0.1, -0.05) is 25.7 Å². The quantitative estimate of drug-likeness (QED) is 0.824. The molecule has 1 aromatic heterocycles. The van der Waals surface area contributed by atoms with Gasteiger partial charge in [-0.15, -0.1) is 11.3 Å². The number of rotatable bonds is 3. The van der Waals surface area contributed by atoms with E-state index in [1.807, 2.05) is 5.38 Å². The monoisotopic (exact) mass is 239 g/mol. The fraction of sp³-hybridized carbons (Fsp3) is 0.667. The lowest BCUT2D eigenvalue weighted by molar-refractivity contribution is -0.136.